The van der Waals surface area contributed by atoms with Gasteiger partial charge in [-0.3, -0.25) is 0 Å². The molecule has 1 heterocycles. The van der Waals surface area contributed by atoms with E-state index in [9.17, 15) is 0 Å². The summed E-state index contributed by atoms with van der Waals surface area (Å²) in [4.78, 5) is 1.23. The van der Waals surface area contributed by atoms with Crippen molar-refractivity contribution in [2.24, 2.45) is 0 Å². The van der Waals surface area contributed by atoms with Gasteiger partial charge in [0.15, 0.2) is 0 Å². The van der Waals surface area contributed by atoms with Gasteiger partial charge in [-0.25, -0.2) is 0 Å². The molecule has 0 fully saturated rings. The van der Waals surface area contributed by atoms with Gasteiger partial charge in [0.2, 0.25) is 0 Å². The summed E-state index contributed by atoms with van der Waals surface area (Å²) in [5, 5.41) is 0. The predicted molar refractivity (Wildman–Crippen MR) is 76.9 cm³/mol. The van der Waals surface area contributed by atoms with Crippen molar-refractivity contribution >= 4 is 27.3 Å². The largest absolute Gasteiger partial charge is 0.488 e. The number of hydrogen-bond acceptors (Lipinski definition) is 2. The lowest BCUT2D eigenvalue weighted by Crippen LogP contribution is -1.98. The Bertz CT molecular complexity index is 490. The topological polar surface area (TPSA) is 9.23 Å². The van der Waals surface area contributed by atoms with Crippen LogP contribution in [0.2, 0.25) is 0 Å². The van der Waals surface area contributed by atoms with E-state index in [1.807, 2.05) is 12.1 Å². The zero-order valence-electron chi connectivity index (χ0n) is 9.94. The summed E-state index contributed by atoms with van der Waals surface area (Å²) in [5.41, 5.74) is 1.27. The van der Waals surface area contributed by atoms with Crippen molar-refractivity contribution in [3.63, 3.8) is 0 Å². The molecule has 1 aromatic carbocycles. The molecule has 0 saturated heterocycles. The molecule has 0 spiro atoms. The Hall–Kier alpha value is -0.800. The van der Waals surface area contributed by atoms with Gasteiger partial charge in [-0.15, -0.1) is 11.3 Å². The second kappa shape index (κ2) is 5.69. The highest BCUT2D eigenvalue weighted by Gasteiger charge is 2.07. The number of halogens is 1. The lowest BCUT2D eigenvalue weighted by molar-refractivity contribution is 0.305. The number of para-hydroxylation sites is 1. The summed E-state index contributed by atoms with van der Waals surface area (Å²) in [6.45, 7) is 5.01. The van der Waals surface area contributed by atoms with Gasteiger partial charge in [0.25, 0.3) is 0 Å². The molecule has 2 rings (SSSR count). The van der Waals surface area contributed by atoms with Crippen molar-refractivity contribution in [3.05, 3.63) is 50.6 Å². The Morgan fingerprint density at radius 3 is 2.59 bits per heavy atom. The highest BCUT2D eigenvalue weighted by atomic mass is 79.9. The minimum Gasteiger partial charge on any atom is -0.488 e. The predicted octanol–water partition coefficient (Wildman–Crippen LogP) is 5.21. The van der Waals surface area contributed by atoms with Gasteiger partial charge in [-0.1, -0.05) is 32.0 Å². The molecule has 0 bridgehead atoms. The van der Waals surface area contributed by atoms with Gasteiger partial charge in [-0.05, 0) is 45.6 Å². The molecule has 0 amide bonds. The second-order valence-electron chi connectivity index (χ2n) is 4.19. The zero-order chi connectivity index (χ0) is 12.3. The number of rotatable bonds is 4. The van der Waals surface area contributed by atoms with E-state index in [4.69, 9.17) is 4.74 Å². The van der Waals surface area contributed by atoms with Crippen molar-refractivity contribution in [1.82, 2.24) is 0 Å². The minimum atomic E-state index is 0.487. The third-order valence-corrected chi connectivity index (χ3v) is 4.14. The molecule has 0 aliphatic heterocycles. The van der Waals surface area contributed by atoms with E-state index >= 15 is 0 Å². The van der Waals surface area contributed by atoms with Crippen molar-refractivity contribution in [2.75, 3.05) is 0 Å². The van der Waals surface area contributed by atoms with Gasteiger partial charge in [0.1, 0.15) is 12.4 Å². The molecule has 0 unspecified atom stereocenters. The van der Waals surface area contributed by atoms with Crippen LogP contribution in [0.25, 0.3) is 0 Å². The second-order valence-corrected chi connectivity index (χ2v) is 6.73. The van der Waals surface area contributed by atoms with Crippen LogP contribution in [0.1, 0.15) is 30.2 Å². The first-order valence-electron chi connectivity index (χ1n) is 5.62. The summed E-state index contributed by atoms with van der Waals surface area (Å²) in [6, 6.07) is 12.4. The molecule has 0 radical (unpaired) electrons. The number of ether oxygens (including phenoxy) is 1. The molecule has 17 heavy (non-hydrogen) atoms. The lowest BCUT2D eigenvalue weighted by Gasteiger charge is -2.13. The van der Waals surface area contributed by atoms with Crippen LogP contribution in [0.4, 0.5) is 0 Å². The van der Waals surface area contributed by atoms with Gasteiger partial charge in [-0.2, -0.15) is 0 Å². The molecule has 1 nitrogen and oxygen atoms in total. The van der Waals surface area contributed by atoms with E-state index in [1.165, 1.54) is 10.4 Å². The van der Waals surface area contributed by atoms with Crippen molar-refractivity contribution < 1.29 is 4.74 Å². The van der Waals surface area contributed by atoms with Crippen molar-refractivity contribution in [1.29, 1.82) is 0 Å². The SMILES string of the molecule is CC(C)c1ccccc1OCc1ccc(Br)s1. The van der Waals surface area contributed by atoms with Crippen molar-refractivity contribution in [3.8, 4) is 5.75 Å². The summed E-state index contributed by atoms with van der Waals surface area (Å²) in [5.74, 6) is 1.48. The molecule has 0 N–H and O–H groups in total. The van der Waals surface area contributed by atoms with Crippen LogP contribution in [0.5, 0.6) is 5.75 Å². The maximum Gasteiger partial charge on any atom is 0.123 e. The smallest absolute Gasteiger partial charge is 0.123 e. The molecule has 3 heteroatoms. The van der Waals surface area contributed by atoms with Crippen LogP contribution in [-0.4, -0.2) is 0 Å². The summed E-state index contributed by atoms with van der Waals surface area (Å²) >= 11 is 5.17. The summed E-state index contributed by atoms with van der Waals surface area (Å²) in [7, 11) is 0. The first kappa shape index (κ1) is 12.7. The highest BCUT2D eigenvalue weighted by Crippen LogP contribution is 2.28. The maximum atomic E-state index is 5.89. The highest BCUT2D eigenvalue weighted by molar-refractivity contribution is 9.11. The molecule has 0 aliphatic carbocycles. The number of benzene rings is 1. The number of hydrogen-bond donors (Lipinski definition) is 0. The van der Waals surface area contributed by atoms with Gasteiger partial charge in [0, 0.05) is 4.88 Å². The molecule has 0 aliphatic rings. The molecule has 0 saturated carbocycles. The van der Waals surface area contributed by atoms with Gasteiger partial charge in [0.05, 0.1) is 3.79 Å². The summed E-state index contributed by atoms with van der Waals surface area (Å²) in [6.07, 6.45) is 0. The fourth-order valence-electron chi connectivity index (χ4n) is 1.67. The van der Waals surface area contributed by atoms with Crippen LogP contribution < -0.4 is 4.74 Å². The molecular formula is C14H15BrOS. The van der Waals surface area contributed by atoms with E-state index in [1.54, 1.807) is 11.3 Å². The average molecular weight is 311 g/mol. The molecule has 0 atom stereocenters. The van der Waals surface area contributed by atoms with E-state index in [-0.39, 0.29) is 0 Å². The fraction of sp³-hybridized carbons (Fsp3) is 0.286. The molecule has 90 valence electrons. The molecule has 1 aromatic heterocycles. The van der Waals surface area contributed by atoms with Crippen LogP contribution in [0.15, 0.2) is 40.2 Å². The quantitative estimate of drug-likeness (QED) is 0.753. The Morgan fingerprint density at radius 2 is 1.94 bits per heavy atom. The Balaban J connectivity index is 2.08. The standard InChI is InChI=1S/C14H15BrOS/c1-10(2)12-5-3-4-6-13(12)16-9-11-7-8-14(15)17-11/h3-8,10H,9H2,1-2H3. The van der Waals surface area contributed by atoms with Crippen LogP contribution in [0, 0.1) is 0 Å². The van der Waals surface area contributed by atoms with Crippen LogP contribution >= 0.6 is 27.3 Å². The zero-order valence-corrected chi connectivity index (χ0v) is 12.3. The third kappa shape index (κ3) is 3.33. The lowest BCUT2D eigenvalue weighted by atomic mass is 10.0. The van der Waals surface area contributed by atoms with Crippen molar-refractivity contribution in [2.45, 2.75) is 26.4 Å². The maximum absolute atomic E-state index is 5.89. The Labute approximate surface area is 115 Å². The minimum absolute atomic E-state index is 0.487. The first-order valence-corrected chi connectivity index (χ1v) is 7.23. The molecular weight excluding hydrogens is 296 g/mol. The third-order valence-electron chi connectivity index (χ3n) is 2.54. The first-order chi connectivity index (χ1) is 8.16. The van der Waals surface area contributed by atoms with E-state index in [2.05, 4.69) is 54.0 Å². The van der Waals surface area contributed by atoms with Crippen LogP contribution in [-0.2, 0) is 6.61 Å². The van der Waals surface area contributed by atoms with E-state index < -0.39 is 0 Å². The van der Waals surface area contributed by atoms with E-state index in [0.29, 0.717) is 12.5 Å². The average Bonchev–Trinajstić information content (AvgIpc) is 2.73. The normalized spacial score (nSPS) is 10.8. The fourth-order valence-corrected chi connectivity index (χ4v) is 3.06. The van der Waals surface area contributed by atoms with Gasteiger partial charge < -0.3 is 4.74 Å². The molecule has 2 aromatic rings. The van der Waals surface area contributed by atoms with Crippen LogP contribution in [0.3, 0.4) is 0 Å². The van der Waals surface area contributed by atoms with Gasteiger partial charge >= 0.3 is 0 Å². The Kier molecular flexibility index (Phi) is 4.24. The Morgan fingerprint density at radius 1 is 1.18 bits per heavy atom. The summed E-state index contributed by atoms with van der Waals surface area (Å²) < 4.78 is 7.03. The monoisotopic (exact) mass is 310 g/mol. The number of thiophene rings is 1. The van der Waals surface area contributed by atoms with E-state index in [0.717, 1.165) is 9.54 Å².